The van der Waals surface area contributed by atoms with E-state index in [9.17, 15) is 13.2 Å². The molecule has 2 saturated heterocycles. The van der Waals surface area contributed by atoms with Crippen LogP contribution in [-0.4, -0.2) is 73.0 Å². The topological polar surface area (TPSA) is 86.7 Å². The number of benzene rings is 2. The fraction of sp³-hybridized carbons (Fsp3) is 0.320. The third kappa shape index (κ3) is 5.06. The highest BCUT2D eigenvalue weighted by Gasteiger charge is 2.28. The van der Waals surface area contributed by atoms with Gasteiger partial charge >= 0.3 is 0 Å². The van der Waals surface area contributed by atoms with Gasteiger partial charge in [-0.1, -0.05) is 23.2 Å². The summed E-state index contributed by atoms with van der Waals surface area (Å²) in [5, 5.41) is 9.75. The summed E-state index contributed by atoms with van der Waals surface area (Å²) < 4.78 is 26.9. The van der Waals surface area contributed by atoms with Gasteiger partial charge in [-0.05, 0) is 67.4 Å². The van der Waals surface area contributed by atoms with Crippen LogP contribution in [0.25, 0.3) is 11.3 Å². The number of hydrogen-bond donors (Lipinski definition) is 0. The summed E-state index contributed by atoms with van der Waals surface area (Å²) in [6.07, 6.45) is 1.77. The number of sulfonamides is 1. The highest BCUT2D eigenvalue weighted by Crippen LogP contribution is 2.29. The fourth-order valence-corrected chi connectivity index (χ4v) is 6.53. The molecule has 5 rings (SSSR count). The number of hydrogen-bond acceptors (Lipinski definition) is 6. The quantitative estimate of drug-likeness (QED) is 0.477. The molecular weight excluding hydrogens is 521 g/mol. The SMILES string of the molecule is O=C(c1ccc(S(=O)(=O)N2CCCC2)cc1)N1CCN(c2ccc(-c3ccc(Cl)cc3Cl)nn2)CC1. The third-order valence-electron chi connectivity index (χ3n) is 6.55. The Balaban J connectivity index is 1.20. The zero-order chi connectivity index (χ0) is 25.3. The molecule has 2 fully saturated rings. The molecule has 2 aliphatic heterocycles. The van der Waals surface area contributed by atoms with E-state index in [1.165, 1.54) is 16.4 Å². The van der Waals surface area contributed by atoms with Gasteiger partial charge in [-0.15, -0.1) is 10.2 Å². The Hall–Kier alpha value is -2.72. The zero-order valence-corrected chi connectivity index (χ0v) is 21.8. The van der Waals surface area contributed by atoms with Gasteiger partial charge in [0.1, 0.15) is 0 Å². The van der Waals surface area contributed by atoms with Crippen molar-refractivity contribution in [2.24, 2.45) is 0 Å². The van der Waals surface area contributed by atoms with Crippen molar-refractivity contribution in [3.63, 3.8) is 0 Å². The lowest BCUT2D eigenvalue weighted by Gasteiger charge is -2.35. The first-order valence-corrected chi connectivity index (χ1v) is 14.0. The molecule has 11 heteroatoms. The van der Waals surface area contributed by atoms with Gasteiger partial charge in [0.05, 0.1) is 15.6 Å². The Morgan fingerprint density at radius 2 is 1.50 bits per heavy atom. The normalized spacial score (nSPS) is 16.9. The monoisotopic (exact) mass is 545 g/mol. The summed E-state index contributed by atoms with van der Waals surface area (Å²) in [7, 11) is -3.49. The number of amides is 1. The molecule has 0 N–H and O–H groups in total. The van der Waals surface area contributed by atoms with E-state index in [4.69, 9.17) is 23.2 Å². The van der Waals surface area contributed by atoms with E-state index in [0.717, 1.165) is 24.2 Å². The Kier molecular flexibility index (Phi) is 7.16. The predicted molar refractivity (Wildman–Crippen MR) is 140 cm³/mol. The highest BCUT2D eigenvalue weighted by molar-refractivity contribution is 7.89. The second kappa shape index (κ2) is 10.3. The van der Waals surface area contributed by atoms with E-state index in [2.05, 4.69) is 15.1 Å². The zero-order valence-electron chi connectivity index (χ0n) is 19.5. The molecule has 0 radical (unpaired) electrons. The lowest BCUT2D eigenvalue weighted by molar-refractivity contribution is 0.0746. The largest absolute Gasteiger partial charge is 0.352 e. The molecule has 36 heavy (non-hydrogen) atoms. The predicted octanol–water partition coefficient (Wildman–Crippen LogP) is 4.20. The van der Waals surface area contributed by atoms with Crippen molar-refractivity contribution >= 4 is 45.0 Å². The minimum atomic E-state index is -3.49. The van der Waals surface area contributed by atoms with Gasteiger partial charge < -0.3 is 9.80 Å². The molecule has 0 spiro atoms. The molecular formula is C25H25Cl2N5O3S. The van der Waals surface area contributed by atoms with E-state index >= 15 is 0 Å². The molecule has 3 heterocycles. The Morgan fingerprint density at radius 3 is 2.11 bits per heavy atom. The molecule has 0 unspecified atom stereocenters. The second-order valence-corrected chi connectivity index (χ2v) is 11.6. The molecule has 0 aliphatic carbocycles. The van der Waals surface area contributed by atoms with E-state index in [-0.39, 0.29) is 10.8 Å². The standard InChI is InChI=1S/C25H25Cl2N5O3S/c26-19-5-8-21(22(27)17-19)23-9-10-24(29-28-23)30-13-15-31(16-14-30)25(33)18-3-6-20(7-4-18)36(34,35)32-11-1-2-12-32/h3-10,17H,1-2,11-16H2. The van der Waals surface area contributed by atoms with Crippen molar-refractivity contribution in [3.8, 4) is 11.3 Å². The summed E-state index contributed by atoms with van der Waals surface area (Å²) in [5.74, 6) is 0.617. The Labute approximate surface area is 220 Å². The van der Waals surface area contributed by atoms with Gasteiger partial charge in [0, 0.05) is 55.4 Å². The average Bonchev–Trinajstić information content (AvgIpc) is 3.45. The highest BCUT2D eigenvalue weighted by atomic mass is 35.5. The molecule has 3 aromatic rings. The van der Waals surface area contributed by atoms with Crippen LogP contribution in [0.3, 0.4) is 0 Å². The number of halogens is 2. The minimum absolute atomic E-state index is 0.112. The van der Waals surface area contributed by atoms with Crippen molar-refractivity contribution in [2.75, 3.05) is 44.2 Å². The minimum Gasteiger partial charge on any atom is -0.352 e. The maximum Gasteiger partial charge on any atom is 0.253 e. The molecule has 1 aromatic heterocycles. The van der Waals surface area contributed by atoms with Crippen LogP contribution in [0.15, 0.2) is 59.5 Å². The van der Waals surface area contributed by atoms with E-state index in [1.54, 1.807) is 29.2 Å². The van der Waals surface area contributed by atoms with E-state index in [0.29, 0.717) is 60.6 Å². The molecule has 0 atom stereocenters. The van der Waals surface area contributed by atoms with Crippen molar-refractivity contribution in [1.29, 1.82) is 0 Å². The summed E-state index contributed by atoms with van der Waals surface area (Å²) in [6.45, 7) is 3.38. The molecule has 0 bridgehead atoms. The van der Waals surface area contributed by atoms with Crippen LogP contribution in [0.4, 0.5) is 5.82 Å². The van der Waals surface area contributed by atoms with Gasteiger partial charge in [0.2, 0.25) is 10.0 Å². The van der Waals surface area contributed by atoms with Crippen LogP contribution in [0, 0.1) is 0 Å². The first-order chi connectivity index (χ1) is 17.3. The van der Waals surface area contributed by atoms with Crippen LogP contribution in [-0.2, 0) is 10.0 Å². The van der Waals surface area contributed by atoms with Gasteiger partial charge in [0.25, 0.3) is 5.91 Å². The van der Waals surface area contributed by atoms with Crippen LogP contribution in [0.1, 0.15) is 23.2 Å². The number of carbonyl (C=O) groups is 1. The second-order valence-electron chi connectivity index (χ2n) is 8.82. The van der Waals surface area contributed by atoms with Crippen LogP contribution in [0.2, 0.25) is 10.0 Å². The number of rotatable bonds is 5. The molecule has 8 nitrogen and oxygen atoms in total. The van der Waals surface area contributed by atoms with Crippen LogP contribution < -0.4 is 4.90 Å². The maximum atomic E-state index is 13.0. The Bertz CT molecular complexity index is 1350. The smallest absolute Gasteiger partial charge is 0.253 e. The van der Waals surface area contributed by atoms with Gasteiger partial charge in [0.15, 0.2) is 5.82 Å². The maximum absolute atomic E-state index is 13.0. The average molecular weight is 546 g/mol. The summed E-state index contributed by atoms with van der Waals surface area (Å²) in [4.78, 5) is 17.1. The van der Waals surface area contributed by atoms with Crippen molar-refractivity contribution in [2.45, 2.75) is 17.7 Å². The van der Waals surface area contributed by atoms with Gasteiger partial charge in [-0.25, -0.2) is 8.42 Å². The summed E-state index contributed by atoms with van der Waals surface area (Å²) in [6, 6.07) is 15.3. The number of piperazine rings is 1. The third-order valence-corrected chi connectivity index (χ3v) is 9.01. The lowest BCUT2D eigenvalue weighted by Crippen LogP contribution is -2.49. The number of aromatic nitrogens is 2. The fourth-order valence-electron chi connectivity index (χ4n) is 4.50. The van der Waals surface area contributed by atoms with Crippen molar-refractivity contribution < 1.29 is 13.2 Å². The van der Waals surface area contributed by atoms with E-state index in [1.807, 2.05) is 18.2 Å². The molecule has 2 aliphatic rings. The van der Waals surface area contributed by atoms with Crippen molar-refractivity contribution in [3.05, 3.63) is 70.2 Å². The Morgan fingerprint density at radius 1 is 0.806 bits per heavy atom. The summed E-state index contributed by atoms with van der Waals surface area (Å²) in [5.41, 5.74) is 1.90. The van der Waals surface area contributed by atoms with Gasteiger partial charge in [-0.2, -0.15) is 4.31 Å². The first-order valence-electron chi connectivity index (χ1n) is 11.8. The van der Waals surface area contributed by atoms with Gasteiger partial charge in [-0.3, -0.25) is 4.79 Å². The summed E-state index contributed by atoms with van der Waals surface area (Å²) >= 11 is 12.2. The molecule has 2 aromatic carbocycles. The number of anilines is 1. The molecule has 0 saturated carbocycles. The number of nitrogens with zero attached hydrogens (tertiary/aromatic N) is 5. The first kappa shape index (κ1) is 25.0. The van der Waals surface area contributed by atoms with Crippen LogP contribution >= 0.6 is 23.2 Å². The van der Waals surface area contributed by atoms with Crippen LogP contribution in [0.5, 0.6) is 0 Å². The number of carbonyl (C=O) groups excluding carboxylic acids is 1. The van der Waals surface area contributed by atoms with E-state index < -0.39 is 10.0 Å². The lowest BCUT2D eigenvalue weighted by atomic mass is 10.1. The van der Waals surface area contributed by atoms with Crippen molar-refractivity contribution in [1.82, 2.24) is 19.4 Å². The molecule has 188 valence electrons. The molecule has 1 amide bonds.